The Labute approximate surface area is 125 Å². The Morgan fingerprint density at radius 1 is 1.14 bits per heavy atom. The number of aromatic hydroxyl groups is 1. The minimum Gasteiger partial charge on any atom is -0.493 e. The molecule has 0 bridgehead atoms. The molecule has 0 saturated heterocycles. The molecule has 1 N–H and O–H groups in total. The smallest absolute Gasteiger partial charge is 0.333 e. The van der Waals surface area contributed by atoms with Gasteiger partial charge in [-0.15, -0.1) is 5.11 Å². The van der Waals surface area contributed by atoms with Crippen molar-refractivity contribution in [1.82, 2.24) is 9.13 Å². The number of halogens is 1. The van der Waals surface area contributed by atoms with Crippen molar-refractivity contribution in [1.29, 1.82) is 0 Å². The van der Waals surface area contributed by atoms with Crippen molar-refractivity contribution in [3.8, 4) is 5.88 Å². The van der Waals surface area contributed by atoms with E-state index in [1.54, 1.807) is 13.8 Å². The molecule has 1 aromatic heterocycles. The maximum atomic E-state index is 13.1. The van der Waals surface area contributed by atoms with Crippen LogP contribution in [0.3, 0.4) is 0 Å². The fourth-order valence-corrected chi connectivity index (χ4v) is 1.97. The predicted octanol–water partition coefficient (Wildman–Crippen LogP) is 2.31. The summed E-state index contributed by atoms with van der Waals surface area (Å²) in [5, 5.41) is 17.5. The quantitative estimate of drug-likeness (QED) is 0.879. The van der Waals surface area contributed by atoms with Gasteiger partial charge in [0.15, 0.2) is 0 Å². The Kier molecular flexibility index (Phi) is 4.50. The van der Waals surface area contributed by atoms with E-state index in [0.717, 1.165) is 15.2 Å². The summed E-state index contributed by atoms with van der Waals surface area (Å²) < 4.78 is 15.0. The van der Waals surface area contributed by atoms with Crippen LogP contribution >= 0.6 is 0 Å². The third kappa shape index (κ3) is 2.80. The van der Waals surface area contributed by atoms with Crippen molar-refractivity contribution in [2.75, 3.05) is 0 Å². The molecule has 7 nitrogen and oxygen atoms in total. The molecule has 0 radical (unpaired) electrons. The Hall–Kier alpha value is -2.77. The zero-order valence-electron chi connectivity index (χ0n) is 12.2. The molecule has 2 aromatic rings. The highest BCUT2D eigenvalue weighted by atomic mass is 19.1. The minimum absolute atomic E-state index is 0.139. The molecular weight excluding hydrogens is 291 g/mol. The summed E-state index contributed by atoms with van der Waals surface area (Å²) in [6, 6.07) is 5.32. The fraction of sp³-hybridized carbons (Fsp3) is 0.286. The number of nitrogens with zero attached hydrogens (tertiary/aromatic N) is 4. The molecule has 0 atom stereocenters. The molecule has 0 spiro atoms. The van der Waals surface area contributed by atoms with E-state index in [-0.39, 0.29) is 24.5 Å². The third-order valence-electron chi connectivity index (χ3n) is 3.08. The van der Waals surface area contributed by atoms with Crippen LogP contribution in [-0.4, -0.2) is 14.2 Å². The van der Waals surface area contributed by atoms with Gasteiger partial charge in [-0.05, 0) is 26.0 Å². The Balaban J connectivity index is 2.60. The normalized spacial score (nSPS) is 11.2. The van der Waals surface area contributed by atoms with E-state index < -0.39 is 22.9 Å². The first-order valence-corrected chi connectivity index (χ1v) is 6.73. The molecule has 0 saturated carbocycles. The molecule has 22 heavy (non-hydrogen) atoms. The number of hydrogen-bond donors (Lipinski definition) is 1. The average molecular weight is 306 g/mol. The SMILES string of the molecule is CCn1c(O)c(N=Nc2cccc(F)c2)c(=O)n(CC)c1=O. The van der Waals surface area contributed by atoms with Gasteiger partial charge in [-0.1, -0.05) is 6.07 Å². The molecule has 0 aliphatic carbocycles. The average Bonchev–Trinajstić information content (AvgIpc) is 2.48. The topological polar surface area (TPSA) is 88.9 Å². The lowest BCUT2D eigenvalue weighted by molar-refractivity contribution is 0.397. The summed E-state index contributed by atoms with van der Waals surface area (Å²) in [4.78, 5) is 24.1. The van der Waals surface area contributed by atoms with Crippen LogP contribution in [0.1, 0.15) is 13.8 Å². The summed E-state index contributed by atoms with van der Waals surface area (Å²) in [6.45, 7) is 3.60. The first kappa shape index (κ1) is 15.6. The number of aromatic nitrogens is 2. The van der Waals surface area contributed by atoms with Crippen molar-refractivity contribution in [3.63, 3.8) is 0 Å². The van der Waals surface area contributed by atoms with E-state index in [1.165, 1.54) is 18.2 Å². The van der Waals surface area contributed by atoms with Crippen LogP contribution in [-0.2, 0) is 13.1 Å². The van der Waals surface area contributed by atoms with E-state index in [1.807, 2.05) is 0 Å². The molecule has 0 amide bonds. The highest BCUT2D eigenvalue weighted by Crippen LogP contribution is 2.23. The second kappa shape index (κ2) is 6.33. The second-order valence-electron chi connectivity index (χ2n) is 4.43. The molecular formula is C14H15FN4O3. The summed E-state index contributed by atoms with van der Waals surface area (Å²) in [7, 11) is 0. The zero-order valence-corrected chi connectivity index (χ0v) is 12.2. The van der Waals surface area contributed by atoms with Crippen molar-refractivity contribution in [2.24, 2.45) is 10.2 Å². The predicted molar refractivity (Wildman–Crippen MR) is 78.6 cm³/mol. The molecule has 0 aliphatic rings. The number of hydrogen-bond acceptors (Lipinski definition) is 5. The van der Waals surface area contributed by atoms with Gasteiger partial charge in [0.25, 0.3) is 5.56 Å². The van der Waals surface area contributed by atoms with Crippen molar-refractivity contribution in [3.05, 3.63) is 50.9 Å². The van der Waals surface area contributed by atoms with Crippen molar-refractivity contribution < 1.29 is 9.50 Å². The van der Waals surface area contributed by atoms with Crippen LogP contribution in [0.2, 0.25) is 0 Å². The first-order chi connectivity index (χ1) is 10.5. The highest BCUT2D eigenvalue weighted by Gasteiger charge is 2.17. The van der Waals surface area contributed by atoms with Gasteiger partial charge in [-0.25, -0.2) is 9.18 Å². The first-order valence-electron chi connectivity index (χ1n) is 6.73. The lowest BCUT2D eigenvalue weighted by Gasteiger charge is -2.10. The van der Waals surface area contributed by atoms with Crippen LogP contribution in [0.4, 0.5) is 15.8 Å². The van der Waals surface area contributed by atoms with Crippen LogP contribution in [0, 0.1) is 5.82 Å². The maximum Gasteiger partial charge on any atom is 0.333 e. The lowest BCUT2D eigenvalue weighted by atomic mass is 10.3. The zero-order chi connectivity index (χ0) is 16.3. The van der Waals surface area contributed by atoms with E-state index in [4.69, 9.17) is 0 Å². The van der Waals surface area contributed by atoms with Crippen molar-refractivity contribution >= 4 is 11.4 Å². The van der Waals surface area contributed by atoms with E-state index in [0.29, 0.717) is 0 Å². The summed E-state index contributed by atoms with van der Waals surface area (Å²) in [6.07, 6.45) is 0. The van der Waals surface area contributed by atoms with E-state index >= 15 is 0 Å². The Bertz CT molecular complexity index is 839. The molecule has 1 heterocycles. The third-order valence-corrected chi connectivity index (χ3v) is 3.08. The molecule has 2 rings (SSSR count). The van der Waals surface area contributed by atoms with Gasteiger partial charge in [-0.2, -0.15) is 5.11 Å². The highest BCUT2D eigenvalue weighted by molar-refractivity contribution is 5.45. The van der Waals surface area contributed by atoms with Gasteiger partial charge in [-0.3, -0.25) is 13.9 Å². The maximum absolute atomic E-state index is 13.1. The van der Waals surface area contributed by atoms with Gasteiger partial charge in [0.05, 0.1) is 5.69 Å². The van der Waals surface area contributed by atoms with Crippen LogP contribution < -0.4 is 11.2 Å². The molecule has 116 valence electrons. The van der Waals surface area contributed by atoms with Gasteiger partial charge < -0.3 is 5.11 Å². The van der Waals surface area contributed by atoms with Crippen LogP contribution in [0.5, 0.6) is 5.88 Å². The van der Waals surface area contributed by atoms with E-state index in [2.05, 4.69) is 10.2 Å². The summed E-state index contributed by atoms with van der Waals surface area (Å²) >= 11 is 0. The molecule has 0 aliphatic heterocycles. The number of benzene rings is 1. The summed E-state index contributed by atoms with van der Waals surface area (Å²) in [5.41, 5.74) is -1.52. The van der Waals surface area contributed by atoms with Gasteiger partial charge in [0.1, 0.15) is 5.82 Å². The van der Waals surface area contributed by atoms with Gasteiger partial charge in [0, 0.05) is 19.2 Å². The molecule has 1 aromatic carbocycles. The second-order valence-corrected chi connectivity index (χ2v) is 4.43. The van der Waals surface area contributed by atoms with Crippen LogP contribution in [0.25, 0.3) is 0 Å². The lowest BCUT2D eigenvalue weighted by Crippen LogP contribution is -2.38. The number of rotatable bonds is 4. The van der Waals surface area contributed by atoms with E-state index in [9.17, 15) is 19.1 Å². The molecule has 8 heteroatoms. The number of azo groups is 1. The van der Waals surface area contributed by atoms with Gasteiger partial charge in [0.2, 0.25) is 11.6 Å². The monoisotopic (exact) mass is 306 g/mol. The molecule has 0 unspecified atom stereocenters. The fourth-order valence-electron chi connectivity index (χ4n) is 1.97. The van der Waals surface area contributed by atoms with Gasteiger partial charge >= 0.3 is 5.69 Å². The summed E-state index contributed by atoms with van der Waals surface area (Å²) in [5.74, 6) is -1.05. The minimum atomic E-state index is -0.741. The standard InChI is InChI=1S/C14H15FN4O3/c1-3-18-12(20)11(13(21)19(4-2)14(18)22)17-16-10-7-5-6-9(15)8-10/h5-8,20H,3-4H2,1-2H3. The van der Waals surface area contributed by atoms with Crippen LogP contribution in [0.15, 0.2) is 44.1 Å². The Morgan fingerprint density at radius 3 is 2.41 bits per heavy atom. The Morgan fingerprint density at radius 2 is 1.82 bits per heavy atom. The largest absolute Gasteiger partial charge is 0.493 e. The van der Waals surface area contributed by atoms with Crippen molar-refractivity contribution in [2.45, 2.75) is 26.9 Å². The molecule has 0 fully saturated rings.